The maximum absolute atomic E-state index is 12.5. The summed E-state index contributed by atoms with van der Waals surface area (Å²) in [6, 6.07) is 0. The summed E-state index contributed by atoms with van der Waals surface area (Å²) in [6.45, 7) is 0. The standard InChI is InChI=1S/C9H9F3N2O3S/c1-16-14-5-6-4-13-9(17-6)18(15)3-2-7(10)8(11)12/h4-5H,2-3H2,1H3/b14-5-. The van der Waals surface area contributed by atoms with E-state index in [2.05, 4.69) is 15.0 Å². The molecule has 0 saturated carbocycles. The molecule has 1 unspecified atom stereocenters. The van der Waals surface area contributed by atoms with Gasteiger partial charge in [0.2, 0.25) is 0 Å². The smallest absolute Gasteiger partial charge is 0.415 e. The first-order valence-corrected chi connectivity index (χ1v) is 5.97. The summed E-state index contributed by atoms with van der Waals surface area (Å²) >= 11 is -1.79. The van der Waals surface area contributed by atoms with Gasteiger partial charge in [0.1, 0.15) is 19.1 Å². The predicted molar refractivity (Wildman–Crippen MR) is 57.3 cm³/mol. The van der Waals surface area contributed by atoms with Gasteiger partial charge in [-0.15, -0.1) is 0 Å². The molecule has 0 radical (unpaired) electrons. The topological polar surface area (TPSA) is 70.7 Å². The highest BCUT2D eigenvalue weighted by molar-refractivity contribution is 7.91. The quantitative estimate of drug-likeness (QED) is 0.455. The van der Waals surface area contributed by atoms with E-state index in [0.29, 0.717) is 0 Å². The van der Waals surface area contributed by atoms with Crippen LogP contribution in [-0.4, -0.2) is 28.6 Å². The monoisotopic (exact) mass is 282 g/mol. The number of hydrogen-bond acceptors (Lipinski definition) is 5. The van der Waals surface area contributed by atoms with Gasteiger partial charge in [0, 0.05) is 11.2 Å². The lowest BCUT2D eigenvalue weighted by Gasteiger charge is -2.03. The Labute approximate surface area is 103 Å². The van der Waals surface area contributed by atoms with Crippen LogP contribution in [0.1, 0.15) is 12.2 Å². The van der Waals surface area contributed by atoms with Crippen LogP contribution in [0.4, 0.5) is 13.2 Å². The fourth-order valence-electron chi connectivity index (χ4n) is 0.904. The van der Waals surface area contributed by atoms with Crippen LogP contribution in [-0.2, 0) is 16.0 Å². The molecular weight excluding hydrogens is 273 g/mol. The van der Waals surface area contributed by atoms with Gasteiger partial charge in [0.15, 0.2) is 11.6 Å². The molecule has 0 aliphatic rings. The van der Waals surface area contributed by atoms with E-state index < -0.39 is 29.5 Å². The van der Waals surface area contributed by atoms with E-state index in [1.165, 1.54) is 19.5 Å². The Bertz CT molecular complexity index is 446. The molecule has 1 aromatic heterocycles. The number of rotatable bonds is 6. The van der Waals surface area contributed by atoms with E-state index >= 15 is 0 Å². The van der Waals surface area contributed by atoms with Crippen LogP contribution in [0.25, 0.3) is 0 Å². The van der Waals surface area contributed by atoms with Crippen LogP contribution in [0, 0.1) is 0 Å². The van der Waals surface area contributed by atoms with E-state index in [1.54, 1.807) is 0 Å². The van der Waals surface area contributed by atoms with Gasteiger partial charge in [-0.05, 0) is 0 Å². The summed E-state index contributed by atoms with van der Waals surface area (Å²) in [7, 11) is 1.33. The molecule has 9 heteroatoms. The molecule has 1 rings (SSSR count). The molecule has 0 bridgehead atoms. The lowest BCUT2D eigenvalue weighted by molar-refractivity contribution is 0.214. The SMILES string of the molecule is CO/N=C\c1cnc([S+]([O-])CCC(F)=C(F)F)o1. The van der Waals surface area contributed by atoms with Crippen molar-refractivity contribution in [2.75, 3.05) is 12.9 Å². The average Bonchev–Trinajstić information content (AvgIpc) is 2.81. The lowest BCUT2D eigenvalue weighted by Crippen LogP contribution is -2.07. The third-order valence-corrected chi connectivity index (χ3v) is 2.85. The van der Waals surface area contributed by atoms with Gasteiger partial charge >= 0.3 is 11.3 Å². The van der Waals surface area contributed by atoms with E-state index in [4.69, 9.17) is 4.42 Å². The number of oxazole rings is 1. The van der Waals surface area contributed by atoms with E-state index in [1.807, 2.05) is 0 Å². The molecule has 1 aromatic rings. The van der Waals surface area contributed by atoms with Gasteiger partial charge in [-0.3, -0.25) is 0 Å². The van der Waals surface area contributed by atoms with Gasteiger partial charge in [-0.25, -0.2) is 4.39 Å². The molecule has 0 spiro atoms. The van der Waals surface area contributed by atoms with Crippen molar-refractivity contribution in [3.8, 4) is 0 Å². The van der Waals surface area contributed by atoms with Crippen molar-refractivity contribution in [2.24, 2.45) is 5.16 Å². The highest BCUT2D eigenvalue weighted by Crippen LogP contribution is 2.17. The zero-order valence-corrected chi connectivity index (χ0v) is 10.0. The second kappa shape index (κ2) is 7.07. The minimum atomic E-state index is -2.41. The number of oxime groups is 1. The first-order valence-electron chi connectivity index (χ1n) is 4.65. The Morgan fingerprint density at radius 2 is 2.33 bits per heavy atom. The fraction of sp³-hybridized carbons (Fsp3) is 0.333. The molecule has 0 aliphatic heterocycles. The number of hydrogen-bond donors (Lipinski definition) is 0. The molecule has 5 nitrogen and oxygen atoms in total. The molecule has 18 heavy (non-hydrogen) atoms. The summed E-state index contributed by atoms with van der Waals surface area (Å²) in [5.74, 6) is -1.74. The highest BCUT2D eigenvalue weighted by atomic mass is 32.2. The zero-order valence-electron chi connectivity index (χ0n) is 9.23. The fourth-order valence-corrected chi connectivity index (χ4v) is 1.80. The molecule has 0 aliphatic carbocycles. The number of aromatic nitrogens is 1. The Kier molecular flexibility index (Phi) is 5.72. The molecule has 1 atom stereocenters. The number of nitrogens with zero attached hydrogens (tertiary/aromatic N) is 2. The lowest BCUT2D eigenvalue weighted by atomic mass is 10.4. The second-order valence-electron chi connectivity index (χ2n) is 2.91. The highest BCUT2D eigenvalue weighted by Gasteiger charge is 2.20. The normalized spacial score (nSPS) is 12.7. The van der Waals surface area contributed by atoms with Gasteiger partial charge in [-0.1, -0.05) is 5.16 Å². The summed E-state index contributed by atoms with van der Waals surface area (Å²) in [4.78, 5) is 8.04. The third-order valence-electron chi connectivity index (χ3n) is 1.69. The molecule has 0 saturated heterocycles. The number of halogens is 3. The maximum Gasteiger partial charge on any atom is 0.415 e. The van der Waals surface area contributed by atoms with Crippen LogP contribution >= 0.6 is 0 Å². The average molecular weight is 282 g/mol. The minimum absolute atomic E-state index is 0.181. The van der Waals surface area contributed by atoms with Crippen molar-refractivity contribution >= 4 is 17.4 Å². The van der Waals surface area contributed by atoms with Crippen molar-refractivity contribution in [2.45, 2.75) is 11.6 Å². The molecule has 100 valence electrons. The summed E-state index contributed by atoms with van der Waals surface area (Å²) < 4.78 is 52.5. The Hall–Kier alpha value is -1.48. The molecule has 0 N–H and O–H groups in total. The third kappa shape index (κ3) is 4.41. The van der Waals surface area contributed by atoms with Gasteiger partial charge in [0.25, 0.3) is 0 Å². The first-order chi connectivity index (χ1) is 8.54. The van der Waals surface area contributed by atoms with Crippen molar-refractivity contribution in [3.63, 3.8) is 0 Å². The molecule has 1 heterocycles. The molecule has 0 fully saturated rings. The van der Waals surface area contributed by atoms with Crippen LogP contribution in [0.2, 0.25) is 0 Å². The van der Waals surface area contributed by atoms with Gasteiger partial charge in [-0.2, -0.15) is 13.8 Å². The summed E-state index contributed by atoms with van der Waals surface area (Å²) in [5, 5.41) is 3.21. The van der Waals surface area contributed by atoms with E-state index in [-0.39, 0.29) is 16.7 Å². The predicted octanol–water partition coefficient (Wildman–Crippen LogP) is 2.23. The van der Waals surface area contributed by atoms with Crippen LogP contribution in [0.5, 0.6) is 0 Å². The Morgan fingerprint density at radius 1 is 1.61 bits per heavy atom. The first kappa shape index (κ1) is 14.6. The van der Waals surface area contributed by atoms with Crippen molar-refractivity contribution in [3.05, 3.63) is 23.9 Å². The molecule has 0 amide bonds. The number of allylic oxidation sites excluding steroid dienone is 1. The largest absolute Gasteiger partial charge is 0.608 e. The second-order valence-corrected chi connectivity index (χ2v) is 4.36. The Morgan fingerprint density at radius 3 is 2.94 bits per heavy atom. The van der Waals surface area contributed by atoms with E-state index in [9.17, 15) is 17.7 Å². The summed E-state index contributed by atoms with van der Waals surface area (Å²) in [5.41, 5.74) is 0. The Balaban J connectivity index is 2.57. The molecule has 0 aromatic carbocycles. The van der Waals surface area contributed by atoms with Gasteiger partial charge < -0.3 is 13.8 Å². The zero-order chi connectivity index (χ0) is 13.5. The van der Waals surface area contributed by atoms with Crippen molar-refractivity contribution < 1.29 is 27.0 Å². The van der Waals surface area contributed by atoms with Crippen molar-refractivity contribution in [1.29, 1.82) is 0 Å². The maximum atomic E-state index is 12.5. The van der Waals surface area contributed by atoms with Crippen LogP contribution < -0.4 is 0 Å². The van der Waals surface area contributed by atoms with Crippen molar-refractivity contribution in [1.82, 2.24) is 4.98 Å². The van der Waals surface area contributed by atoms with Crippen LogP contribution in [0.15, 0.2) is 32.9 Å². The van der Waals surface area contributed by atoms with Gasteiger partial charge in [0.05, 0.1) is 12.6 Å². The summed E-state index contributed by atoms with van der Waals surface area (Å²) in [6.07, 6.45) is -0.626. The minimum Gasteiger partial charge on any atom is -0.608 e. The van der Waals surface area contributed by atoms with Crippen LogP contribution in [0.3, 0.4) is 0 Å². The molecular formula is C9H9F3N2O3S. The van der Waals surface area contributed by atoms with E-state index in [0.717, 1.165) is 0 Å².